The summed E-state index contributed by atoms with van der Waals surface area (Å²) >= 11 is 0. The Morgan fingerprint density at radius 3 is 3.00 bits per heavy atom. The number of hydrogen-bond donors (Lipinski definition) is 1. The SMILES string of the molecule is C=C(CC)CN1CCCC(N)C1. The molecule has 0 aromatic carbocycles. The monoisotopic (exact) mass is 168 g/mol. The summed E-state index contributed by atoms with van der Waals surface area (Å²) in [5.41, 5.74) is 7.19. The first-order chi connectivity index (χ1) is 5.72. The van der Waals surface area contributed by atoms with Gasteiger partial charge in [0.25, 0.3) is 0 Å². The Morgan fingerprint density at radius 1 is 1.67 bits per heavy atom. The third-order valence-electron chi connectivity index (χ3n) is 2.49. The second kappa shape index (κ2) is 4.63. The van der Waals surface area contributed by atoms with Gasteiger partial charge < -0.3 is 5.73 Å². The fourth-order valence-corrected chi connectivity index (χ4v) is 1.66. The van der Waals surface area contributed by atoms with Gasteiger partial charge in [0.15, 0.2) is 0 Å². The lowest BCUT2D eigenvalue weighted by molar-refractivity contribution is 0.224. The summed E-state index contributed by atoms with van der Waals surface area (Å²) in [5.74, 6) is 0. The van der Waals surface area contributed by atoms with Crippen molar-refractivity contribution in [1.29, 1.82) is 0 Å². The molecule has 70 valence electrons. The number of piperidine rings is 1. The first-order valence-corrected chi connectivity index (χ1v) is 4.87. The Balaban J connectivity index is 2.27. The van der Waals surface area contributed by atoms with Gasteiger partial charge in [0, 0.05) is 19.1 Å². The molecule has 2 N–H and O–H groups in total. The van der Waals surface area contributed by atoms with Crippen LogP contribution in [0.1, 0.15) is 26.2 Å². The molecule has 0 bridgehead atoms. The lowest BCUT2D eigenvalue weighted by atomic mass is 10.1. The van der Waals surface area contributed by atoms with E-state index in [9.17, 15) is 0 Å². The summed E-state index contributed by atoms with van der Waals surface area (Å²) in [6, 6.07) is 0.392. The van der Waals surface area contributed by atoms with Crippen molar-refractivity contribution in [3.63, 3.8) is 0 Å². The van der Waals surface area contributed by atoms with E-state index < -0.39 is 0 Å². The molecule has 1 unspecified atom stereocenters. The minimum atomic E-state index is 0.392. The summed E-state index contributed by atoms with van der Waals surface area (Å²) in [6.45, 7) is 9.47. The first-order valence-electron chi connectivity index (χ1n) is 4.87. The average Bonchev–Trinajstić information content (AvgIpc) is 2.04. The van der Waals surface area contributed by atoms with Gasteiger partial charge in [-0.15, -0.1) is 0 Å². The van der Waals surface area contributed by atoms with Crippen LogP contribution in [0.2, 0.25) is 0 Å². The van der Waals surface area contributed by atoms with E-state index in [0.29, 0.717) is 6.04 Å². The molecule has 1 aliphatic rings. The second-order valence-electron chi connectivity index (χ2n) is 3.74. The van der Waals surface area contributed by atoms with Crippen LogP contribution in [-0.4, -0.2) is 30.6 Å². The van der Waals surface area contributed by atoms with Gasteiger partial charge in [-0.3, -0.25) is 4.90 Å². The number of nitrogens with two attached hydrogens (primary N) is 1. The molecule has 1 aliphatic heterocycles. The van der Waals surface area contributed by atoms with Crippen LogP contribution in [0.15, 0.2) is 12.2 Å². The smallest absolute Gasteiger partial charge is 0.0190 e. The van der Waals surface area contributed by atoms with E-state index in [1.807, 2.05) is 0 Å². The van der Waals surface area contributed by atoms with Gasteiger partial charge >= 0.3 is 0 Å². The van der Waals surface area contributed by atoms with Crippen molar-refractivity contribution in [2.24, 2.45) is 5.73 Å². The zero-order valence-electron chi connectivity index (χ0n) is 8.05. The van der Waals surface area contributed by atoms with Crippen molar-refractivity contribution in [2.75, 3.05) is 19.6 Å². The third kappa shape index (κ3) is 2.95. The second-order valence-corrected chi connectivity index (χ2v) is 3.74. The van der Waals surface area contributed by atoms with Gasteiger partial charge in [0.1, 0.15) is 0 Å². The maximum absolute atomic E-state index is 5.87. The Labute approximate surface area is 75.4 Å². The number of likely N-dealkylation sites (tertiary alicyclic amines) is 1. The molecule has 12 heavy (non-hydrogen) atoms. The molecule has 0 aliphatic carbocycles. The maximum atomic E-state index is 5.87. The van der Waals surface area contributed by atoms with E-state index in [4.69, 9.17) is 5.73 Å². The van der Waals surface area contributed by atoms with Gasteiger partial charge in [0.05, 0.1) is 0 Å². The molecule has 1 rings (SSSR count). The van der Waals surface area contributed by atoms with Gasteiger partial charge in [-0.1, -0.05) is 19.1 Å². The van der Waals surface area contributed by atoms with E-state index in [1.165, 1.54) is 25.0 Å². The lowest BCUT2D eigenvalue weighted by Crippen LogP contribution is -2.43. The quantitative estimate of drug-likeness (QED) is 0.645. The van der Waals surface area contributed by atoms with Gasteiger partial charge in [0.2, 0.25) is 0 Å². The summed E-state index contributed by atoms with van der Waals surface area (Å²) < 4.78 is 0. The highest BCUT2D eigenvalue weighted by molar-refractivity contribution is 4.97. The van der Waals surface area contributed by atoms with Crippen molar-refractivity contribution in [1.82, 2.24) is 4.90 Å². The van der Waals surface area contributed by atoms with E-state index in [0.717, 1.165) is 19.5 Å². The third-order valence-corrected chi connectivity index (χ3v) is 2.49. The van der Waals surface area contributed by atoms with Gasteiger partial charge in [-0.25, -0.2) is 0 Å². The van der Waals surface area contributed by atoms with Crippen LogP contribution in [0.3, 0.4) is 0 Å². The number of rotatable bonds is 3. The fraction of sp³-hybridized carbons (Fsp3) is 0.800. The minimum absolute atomic E-state index is 0.392. The molecular weight excluding hydrogens is 148 g/mol. The number of nitrogens with zero attached hydrogens (tertiary/aromatic N) is 1. The summed E-state index contributed by atoms with van der Waals surface area (Å²) in [4.78, 5) is 2.42. The topological polar surface area (TPSA) is 29.3 Å². The highest BCUT2D eigenvalue weighted by atomic mass is 15.1. The molecule has 0 aromatic heterocycles. The van der Waals surface area contributed by atoms with Crippen LogP contribution >= 0.6 is 0 Å². The molecule has 0 saturated carbocycles. The van der Waals surface area contributed by atoms with Crippen molar-refractivity contribution in [2.45, 2.75) is 32.2 Å². The minimum Gasteiger partial charge on any atom is -0.327 e. The van der Waals surface area contributed by atoms with Crippen LogP contribution in [0, 0.1) is 0 Å². The molecule has 2 heteroatoms. The van der Waals surface area contributed by atoms with Crippen LogP contribution in [0.25, 0.3) is 0 Å². The van der Waals surface area contributed by atoms with Crippen molar-refractivity contribution in [3.05, 3.63) is 12.2 Å². The van der Waals surface area contributed by atoms with E-state index >= 15 is 0 Å². The van der Waals surface area contributed by atoms with Crippen LogP contribution < -0.4 is 5.73 Å². The normalized spacial score (nSPS) is 25.7. The zero-order valence-corrected chi connectivity index (χ0v) is 8.05. The van der Waals surface area contributed by atoms with Crippen LogP contribution in [0.5, 0.6) is 0 Å². The predicted molar refractivity (Wildman–Crippen MR) is 53.1 cm³/mol. The molecule has 0 radical (unpaired) electrons. The predicted octanol–water partition coefficient (Wildman–Crippen LogP) is 1.38. The Morgan fingerprint density at radius 2 is 2.42 bits per heavy atom. The van der Waals surface area contributed by atoms with E-state index in [1.54, 1.807) is 0 Å². The first kappa shape index (κ1) is 9.75. The Kier molecular flexibility index (Phi) is 3.76. The van der Waals surface area contributed by atoms with Gasteiger partial charge in [-0.05, 0) is 25.8 Å². The standard InChI is InChI=1S/C10H20N2/c1-3-9(2)7-12-6-4-5-10(11)8-12/h10H,2-8,11H2,1H3. The maximum Gasteiger partial charge on any atom is 0.0190 e. The Bertz CT molecular complexity index is 154. The molecule has 0 aromatic rings. The molecule has 2 nitrogen and oxygen atoms in total. The summed E-state index contributed by atoms with van der Waals surface area (Å²) in [7, 11) is 0. The molecule has 1 atom stereocenters. The molecule has 1 saturated heterocycles. The van der Waals surface area contributed by atoms with Crippen molar-refractivity contribution >= 4 is 0 Å². The molecule has 1 heterocycles. The lowest BCUT2D eigenvalue weighted by Gasteiger charge is -2.30. The average molecular weight is 168 g/mol. The van der Waals surface area contributed by atoms with Crippen LogP contribution in [-0.2, 0) is 0 Å². The fourth-order valence-electron chi connectivity index (χ4n) is 1.66. The van der Waals surface area contributed by atoms with Crippen molar-refractivity contribution < 1.29 is 0 Å². The highest BCUT2D eigenvalue weighted by Gasteiger charge is 2.16. The van der Waals surface area contributed by atoms with Crippen molar-refractivity contribution in [3.8, 4) is 0 Å². The molecular formula is C10H20N2. The molecule has 0 amide bonds. The van der Waals surface area contributed by atoms with E-state index in [2.05, 4.69) is 18.4 Å². The molecule has 0 spiro atoms. The number of hydrogen-bond acceptors (Lipinski definition) is 2. The van der Waals surface area contributed by atoms with E-state index in [-0.39, 0.29) is 0 Å². The highest BCUT2D eigenvalue weighted by Crippen LogP contribution is 2.10. The van der Waals surface area contributed by atoms with Gasteiger partial charge in [-0.2, -0.15) is 0 Å². The molecule has 1 fully saturated rings. The largest absolute Gasteiger partial charge is 0.327 e. The Hall–Kier alpha value is -0.340. The summed E-state index contributed by atoms with van der Waals surface area (Å²) in [6.07, 6.45) is 3.53. The summed E-state index contributed by atoms with van der Waals surface area (Å²) in [5, 5.41) is 0. The van der Waals surface area contributed by atoms with Crippen LogP contribution in [0.4, 0.5) is 0 Å². The zero-order chi connectivity index (χ0) is 8.97.